The van der Waals surface area contributed by atoms with Gasteiger partial charge in [0, 0.05) is 0 Å². The van der Waals surface area contributed by atoms with Gasteiger partial charge >= 0.3 is 12.3 Å². The molecule has 5 nitrogen and oxygen atoms in total. The minimum atomic E-state index is -1.64. The summed E-state index contributed by atoms with van der Waals surface area (Å²) in [5.74, 6) is 0. The summed E-state index contributed by atoms with van der Waals surface area (Å²) in [7, 11) is 0. The van der Waals surface area contributed by atoms with Gasteiger partial charge in [-0.15, -0.1) is 0 Å². The third kappa shape index (κ3) is 10.7. The molecule has 0 atom stereocenters. The third-order valence-electron chi connectivity index (χ3n) is 1.89. The fourth-order valence-corrected chi connectivity index (χ4v) is 1.14. The molecule has 88 valence electrons. The lowest BCUT2D eigenvalue weighted by molar-refractivity contribution is 0.0537. The number of carboxylic acid groups (broad SMARTS) is 1. The first kappa shape index (κ1) is 13.7. The Balaban J connectivity index is 3.16. The van der Waals surface area contributed by atoms with Gasteiger partial charge in [-0.2, -0.15) is 0 Å². The molecule has 0 amide bonds. The topological polar surface area (TPSA) is 72.8 Å². The van der Waals surface area contributed by atoms with Crippen molar-refractivity contribution in [3.05, 3.63) is 0 Å². The van der Waals surface area contributed by atoms with Gasteiger partial charge in [0.05, 0.1) is 6.61 Å². The van der Waals surface area contributed by atoms with Crippen molar-refractivity contribution in [1.82, 2.24) is 0 Å². The summed E-state index contributed by atoms with van der Waals surface area (Å²) in [6.45, 7) is 2.36. The van der Waals surface area contributed by atoms with Crippen LogP contribution in [0.25, 0.3) is 0 Å². The molecule has 0 heterocycles. The van der Waals surface area contributed by atoms with Crippen LogP contribution in [0.5, 0.6) is 0 Å². The van der Waals surface area contributed by atoms with Gasteiger partial charge < -0.3 is 14.6 Å². The Morgan fingerprint density at radius 3 is 2.27 bits per heavy atom. The molecule has 0 saturated heterocycles. The summed E-state index contributed by atoms with van der Waals surface area (Å²) < 4.78 is 8.27. The van der Waals surface area contributed by atoms with Crippen molar-refractivity contribution in [3.63, 3.8) is 0 Å². The van der Waals surface area contributed by atoms with Crippen LogP contribution in [0.3, 0.4) is 0 Å². The molecule has 0 aliphatic heterocycles. The molecule has 0 saturated carbocycles. The highest BCUT2D eigenvalue weighted by molar-refractivity contribution is 5.75. The van der Waals surface area contributed by atoms with Gasteiger partial charge in [-0.3, -0.25) is 0 Å². The maximum atomic E-state index is 10.6. The summed E-state index contributed by atoms with van der Waals surface area (Å²) in [6.07, 6.45) is 3.68. The van der Waals surface area contributed by atoms with Gasteiger partial charge in [-0.1, -0.05) is 39.0 Å². The minimum absolute atomic E-state index is 0.220. The summed E-state index contributed by atoms with van der Waals surface area (Å²) in [4.78, 5) is 20.5. The van der Waals surface area contributed by atoms with Crippen molar-refractivity contribution in [1.29, 1.82) is 0 Å². The first-order valence-corrected chi connectivity index (χ1v) is 5.24. The Labute approximate surface area is 89.4 Å². The molecule has 0 rings (SSSR count). The van der Waals surface area contributed by atoms with Gasteiger partial charge in [0.1, 0.15) is 0 Å². The molecule has 0 aliphatic rings. The Kier molecular flexibility index (Phi) is 8.52. The van der Waals surface area contributed by atoms with Crippen molar-refractivity contribution in [2.75, 3.05) is 6.61 Å². The second-order valence-electron chi connectivity index (χ2n) is 3.23. The first-order chi connectivity index (χ1) is 7.16. The smallest absolute Gasteiger partial charge is 0.449 e. The molecule has 0 bridgehead atoms. The predicted octanol–water partition coefficient (Wildman–Crippen LogP) is 3.18. The van der Waals surface area contributed by atoms with E-state index in [1.165, 1.54) is 19.3 Å². The van der Waals surface area contributed by atoms with Crippen LogP contribution in [0.15, 0.2) is 0 Å². The monoisotopic (exact) mass is 218 g/mol. The lowest BCUT2D eigenvalue weighted by Crippen LogP contribution is -2.12. The number of carbonyl (C=O) groups is 2. The molecule has 1 N–H and O–H groups in total. The second kappa shape index (κ2) is 9.30. The van der Waals surface area contributed by atoms with E-state index in [9.17, 15) is 9.59 Å². The molecular weight excluding hydrogens is 200 g/mol. The average Bonchev–Trinajstić information content (AvgIpc) is 2.15. The van der Waals surface area contributed by atoms with E-state index >= 15 is 0 Å². The Hall–Kier alpha value is -1.26. The fraction of sp³-hybridized carbons (Fsp3) is 0.800. The molecule has 15 heavy (non-hydrogen) atoms. The number of carbonyl (C=O) groups excluding carboxylic acids is 1. The van der Waals surface area contributed by atoms with E-state index < -0.39 is 12.3 Å². The van der Waals surface area contributed by atoms with Crippen molar-refractivity contribution in [2.45, 2.75) is 45.4 Å². The number of unbranched alkanes of at least 4 members (excludes halogenated alkanes) is 5. The van der Waals surface area contributed by atoms with Crippen LogP contribution in [0.2, 0.25) is 0 Å². The number of rotatable bonds is 7. The zero-order valence-corrected chi connectivity index (χ0v) is 9.03. The minimum Gasteiger partial charge on any atom is -0.449 e. The number of hydrogen-bond acceptors (Lipinski definition) is 4. The van der Waals surface area contributed by atoms with Crippen molar-refractivity contribution < 1.29 is 24.2 Å². The van der Waals surface area contributed by atoms with E-state index in [1.807, 2.05) is 0 Å². The van der Waals surface area contributed by atoms with Crippen LogP contribution in [0.1, 0.15) is 45.4 Å². The summed E-state index contributed by atoms with van der Waals surface area (Å²) in [5, 5.41) is 8.06. The van der Waals surface area contributed by atoms with Gasteiger partial charge in [0.2, 0.25) is 0 Å². The maximum Gasteiger partial charge on any atom is 0.518 e. The number of ether oxygens (including phenoxy) is 2. The Morgan fingerprint density at radius 1 is 1.07 bits per heavy atom. The van der Waals surface area contributed by atoms with E-state index in [4.69, 9.17) is 5.11 Å². The zero-order chi connectivity index (χ0) is 11.5. The standard InChI is InChI=1S/C10H18O5/c1-2-3-4-5-6-7-8-14-10(13)15-9(11)12/h2-8H2,1H3,(H,11,12). The predicted molar refractivity (Wildman–Crippen MR) is 53.8 cm³/mol. The molecule has 5 heteroatoms. The van der Waals surface area contributed by atoms with Crippen molar-refractivity contribution >= 4 is 12.3 Å². The summed E-state index contributed by atoms with van der Waals surface area (Å²) in [5.41, 5.74) is 0. The van der Waals surface area contributed by atoms with E-state index in [0.717, 1.165) is 19.3 Å². The largest absolute Gasteiger partial charge is 0.518 e. The van der Waals surface area contributed by atoms with Gasteiger partial charge in [-0.25, -0.2) is 9.59 Å². The quantitative estimate of drug-likeness (QED) is 0.403. The highest BCUT2D eigenvalue weighted by Crippen LogP contribution is 2.05. The van der Waals surface area contributed by atoms with E-state index in [1.54, 1.807) is 0 Å². The Bertz CT molecular complexity index is 190. The van der Waals surface area contributed by atoms with E-state index in [-0.39, 0.29) is 6.61 Å². The molecule has 0 aromatic rings. The SMILES string of the molecule is CCCCCCCCOC(=O)OC(=O)O. The molecule has 0 aliphatic carbocycles. The summed E-state index contributed by atoms with van der Waals surface area (Å²) in [6, 6.07) is 0. The van der Waals surface area contributed by atoms with Crippen molar-refractivity contribution in [3.8, 4) is 0 Å². The van der Waals surface area contributed by atoms with Gasteiger partial charge in [0.15, 0.2) is 0 Å². The zero-order valence-electron chi connectivity index (χ0n) is 9.03. The van der Waals surface area contributed by atoms with Crippen LogP contribution in [-0.4, -0.2) is 24.0 Å². The second-order valence-corrected chi connectivity index (χ2v) is 3.23. The van der Waals surface area contributed by atoms with Gasteiger partial charge in [0.25, 0.3) is 0 Å². The Morgan fingerprint density at radius 2 is 1.67 bits per heavy atom. The lowest BCUT2D eigenvalue weighted by atomic mass is 10.1. The van der Waals surface area contributed by atoms with Crippen LogP contribution < -0.4 is 0 Å². The highest BCUT2D eigenvalue weighted by Gasteiger charge is 2.08. The molecule has 0 aromatic heterocycles. The molecule has 0 aromatic carbocycles. The summed E-state index contributed by atoms with van der Waals surface area (Å²) >= 11 is 0. The van der Waals surface area contributed by atoms with Crippen LogP contribution in [0, 0.1) is 0 Å². The molecule has 0 spiro atoms. The molecule has 0 radical (unpaired) electrons. The number of hydrogen-bond donors (Lipinski definition) is 1. The fourth-order valence-electron chi connectivity index (χ4n) is 1.14. The first-order valence-electron chi connectivity index (χ1n) is 5.24. The highest BCUT2D eigenvalue weighted by atomic mass is 16.8. The van der Waals surface area contributed by atoms with Crippen molar-refractivity contribution in [2.24, 2.45) is 0 Å². The normalized spacial score (nSPS) is 9.67. The third-order valence-corrected chi connectivity index (χ3v) is 1.89. The maximum absolute atomic E-state index is 10.6. The van der Waals surface area contributed by atoms with Crippen LogP contribution in [-0.2, 0) is 9.47 Å². The van der Waals surface area contributed by atoms with E-state index in [2.05, 4.69) is 16.4 Å². The van der Waals surface area contributed by atoms with Gasteiger partial charge in [-0.05, 0) is 6.42 Å². The molecular formula is C10H18O5. The average molecular weight is 218 g/mol. The molecule has 0 unspecified atom stereocenters. The van der Waals surface area contributed by atoms with Crippen LogP contribution >= 0.6 is 0 Å². The molecule has 0 fully saturated rings. The van der Waals surface area contributed by atoms with Crippen LogP contribution in [0.4, 0.5) is 9.59 Å². The lowest BCUT2D eigenvalue weighted by Gasteiger charge is -2.02. The van der Waals surface area contributed by atoms with E-state index in [0.29, 0.717) is 0 Å².